The van der Waals surface area contributed by atoms with Crippen LogP contribution in [0.25, 0.3) is 0 Å². The molecule has 0 spiro atoms. The summed E-state index contributed by atoms with van der Waals surface area (Å²) in [5.74, 6) is 0.160. The van der Waals surface area contributed by atoms with Crippen LogP contribution in [0.5, 0.6) is 0 Å². The van der Waals surface area contributed by atoms with Gasteiger partial charge in [-0.25, -0.2) is 4.98 Å². The summed E-state index contributed by atoms with van der Waals surface area (Å²) in [7, 11) is 0. The first kappa shape index (κ1) is 13.8. The molecule has 104 valence electrons. The molecule has 1 aromatic rings. The summed E-state index contributed by atoms with van der Waals surface area (Å²) in [4.78, 5) is 18.9. The molecule has 6 nitrogen and oxygen atoms in total. The molecule has 0 aromatic carbocycles. The summed E-state index contributed by atoms with van der Waals surface area (Å²) in [6, 6.07) is 0. The van der Waals surface area contributed by atoms with Crippen LogP contribution in [0.1, 0.15) is 16.1 Å². The molecule has 2 heterocycles. The Bertz CT molecular complexity index is 453. The molecular formula is C12H19N5OS. The molecule has 0 bridgehead atoms. The van der Waals surface area contributed by atoms with Gasteiger partial charge in [-0.2, -0.15) is 0 Å². The number of amides is 1. The van der Waals surface area contributed by atoms with Crippen molar-refractivity contribution in [2.45, 2.75) is 6.42 Å². The number of carbonyl (C=O) groups is 1. The van der Waals surface area contributed by atoms with E-state index < -0.39 is 0 Å². The van der Waals surface area contributed by atoms with Crippen molar-refractivity contribution < 1.29 is 4.79 Å². The molecule has 1 aliphatic rings. The van der Waals surface area contributed by atoms with E-state index in [2.05, 4.69) is 27.1 Å². The highest BCUT2D eigenvalue weighted by Gasteiger charge is 2.20. The molecule has 4 N–H and O–H groups in total. The Labute approximate surface area is 116 Å². The lowest BCUT2D eigenvalue weighted by atomic mass is 10.4. The Hall–Kier alpha value is -1.60. The van der Waals surface area contributed by atoms with E-state index in [1.165, 1.54) is 11.3 Å². The molecule has 1 aromatic heterocycles. The van der Waals surface area contributed by atoms with E-state index >= 15 is 0 Å². The van der Waals surface area contributed by atoms with E-state index in [0.29, 0.717) is 17.2 Å². The van der Waals surface area contributed by atoms with Gasteiger partial charge < -0.3 is 21.3 Å². The van der Waals surface area contributed by atoms with Crippen LogP contribution in [-0.4, -0.2) is 43.6 Å². The third-order valence-corrected chi connectivity index (χ3v) is 4.00. The lowest BCUT2D eigenvalue weighted by molar-refractivity contribution is 0.0959. The van der Waals surface area contributed by atoms with Gasteiger partial charge in [-0.05, 0) is 6.42 Å². The number of nitrogens with two attached hydrogens (primary N) is 1. The fourth-order valence-corrected chi connectivity index (χ4v) is 2.80. The number of thiazole rings is 1. The fraction of sp³-hybridized carbons (Fsp3) is 0.500. The number of anilines is 2. The Balaban J connectivity index is 2.03. The molecule has 1 aliphatic heterocycles. The zero-order chi connectivity index (χ0) is 13.7. The van der Waals surface area contributed by atoms with Crippen molar-refractivity contribution >= 4 is 28.2 Å². The predicted octanol–water partition coefficient (Wildman–Crippen LogP) is 0.441. The highest BCUT2D eigenvalue weighted by Crippen LogP contribution is 2.28. The van der Waals surface area contributed by atoms with Crippen molar-refractivity contribution in [2.24, 2.45) is 0 Å². The number of hydrogen-bond donors (Lipinski definition) is 3. The van der Waals surface area contributed by atoms with Crippen LogP contribution in [0.4, 0.5) is 10.9 Å². The normalized spacial score (nSPS) is 15.3. The summed E-state index contributed by atoms with van der Waals surface area (Å²) in [6.45, 7) is 7.84. The van der Waals surface area contributed by atoms with Gasteiger partial charge in [0, 0.05) is 32.7 Å². The highest BCUT2D eigenvalue weighted by atomic mass is 32.1. The Morgan fingerprint density at radius 2 is 2.32 bits per heavy atom. The highest BCUT2D eigenvalue weighted by molar-refractivity contribution is 7.18. The van der Waals surface area contributed by atoms with Crippen molar-refractivity contribution in [1.29, 1.82) is 0 Å². The standard InChI is InChI=1S/C12H19N5OS/c1-2-3-4-15-11(18)9-10(13)16-12(19-9)17-7-5-14-6-8-17/h2,14H,1,3-8,13H2,(H,15,18). The number of aromatic nitrogens is 1. The summed E-state index contributed by atoms with van der Waals surface area (Å²) < 4.78 is 0. The Kier molecular flexibility index (Phi) is 4.75. The second kappa shape index (κ2) is 6.53. The number of rotatable bonds is 5. The van der Waals surface area contributed by atoms with Gasteiger partial charge in [0.15, 0.2) is 5.13 Å². The summed E-state index contributed by atoms with van der Waals surface area (Å²) in [6.07, 6.45) is 2.51. The number of nitrogen functional groups attached to an aromatic ring is 1. The van der Waals surface area contributed by atoms with E-state index in [1.807, 2.05) is 0 Å². The van der Waals surface area contributed by atoms with E-state index in [0.717, 1.165) is 37.7 Å². The van der Waals surface area contributed by atoms with Crippen LogP contribution >= 0.6 is 11.3 Å². The van der Waals surface area contributed by atoms with Gasteiger partial charge in [-0.1, -0.05) is 17.4 Å². The molecule has 0 unspecified atom stereocenters. The van der Waals surface area contributed by atoms with E-state index in [9.17, 15) is 4.79 Å². The van der Waals surface area contributed by atoms with Crippen LogP contribution in [0, 0.1) is 0 Å². The van der Waals surface area contributed by atoms with Crippen LogP contribution in [0.15, 0.2) is 12.7 Å². The third-order valence-electron chi connectivity index (χ3n) is 2.87. The van der Waals surface area contributed by atoms with Gasteiger partial charge >= 0.3 is 0 Å². The van der Waals surface area contributed by atoms with Crippen LogP contribution in [0.2, 0.25) is 0 Å². The minimum Gasteiger partial charge on any atom is -0.382 e. The minimum atomic E-state index is -0.154. The molecule has 1 saturated heterocycles. The van der Waals surface area contributed by atoms with Crippen LogP contribution in [0.3, 0.4) is 0 Å². The Morgan fingerprint density at radius 1 is 1.58 bits per heavy atom. The summed E-state index contributed by atoms with van der Waals surface area (Å²) in [5, 5.41) is 6.91. The van der Waals surface area contributed by atoms with Crippen molar-refractivity contribution in [2.75, 3.05) is 43.4 Å². The quantitative estimate of drug-likeness (QED) is 0.539. The Morgan fingerprint density at radius 3 is 3.00 bits per heavy atom. The van der Waals surface area contributed by atoms with E-state index in [-0.39, 0.29) is 5.91 Å². The maximum Gasteiger partial charge on any atom is 0.265 e. The number of carbonyl (C=O) groups excluding carboxylic acids is 1. The number of nitrogens with one attached hydrogen (secondary N) is 2. The van der Waals surface area contributed by atoms with Gasteiger partial charge in [0.2, 0.25) is 0 Å². The molecule has 19 heavy (non-hydrogen) atoms. The third kappa shape index (κ3) is 3.45. The van der Waals surface area contributed by atoms with Crippen molar-refractivity contribution in [3.05, 3.63) is 17.5 Å². The van der Waals surface area contributed by atoms with E-state index in [1.54, 1.807) is 6.08 Å². The summed E-state index contributed by atoms with van der Waals surface area (Å²) in [5.41, 5.74) is 5.83. The van der Waals surface area contributed by atoms with Crippen molar-refractivity contribution in [1.82, 2.24) is 15.6 Å². The average molecular weight is 281 g/mol. The molecule has 0 atom stereocenters. The largest absolute Gasteiger partial charge is 0.382 e. The van der Waals surface area contributed by atoms with E-state index in [4.69, 9.17) is 5.73 Å². The number of nitrogens with zero attached hydrogens (tertiary/aromatic N) is 2. The smallest absolute Gasteiger partial charge is 0.265 e. The molecular weight excluding hydrogens is 262 g/mol. The predicted molar refractivity (Wildman–Crippen MR) is 78.8 cm³/mol. The second-order valence-electron chi connectivity index (χ2n) is 4.28. The van der Waals surface area contributed by atoms with Crippen molar-refractivity contribution in [3.8, 4) is 0 Å². The van der Waals surface area contributed by atoms with Gasteiger partial charge in [0.05, 0.1) is 0 Å². The van der Waals surface area contributed by atoms with Crippen LogP contribution in [-0.2, 0) is 0 Å². The number of piperazine rings is 1. The first-order valence-corrected chi connectivity index (χ1v) is 7.15. The minimum absolute atomic E-state index is 0.154. The molecule has 1 amide bonds. The summed E-state index contributed by atoms with van der Waals surface area (Å²) >= 11 is 1.36. The van der Waals surface area contributed by atoms with Crippen molar-refractivity contribution in [3.63, 3.8) is 0 Å². The molecule has 7 heteroatoms. The topological polar surface area (TPSA) is 83.3 Å². The number of hydrogen-bond acceptors (Lipinski definition) is 6. The monoisotopic (exact) mass is 281 g/mol. The lowest BCUT2D eigenvalue weighted by Crippen LogP contribution is -2.43. The maximum absolute atomic E-state index is 12.0. The van der Waals surface area contributed by atoms with Crippen LogP contribution < -0.4 is 21.3 Å². The van der Waals surface area contributed by atoms with Gasteiger partial charge in [-0.3, -0.25) is 4.79 Å². The van der Waals surface area contributed by atoms with Gasteiger partial charge in [-0.15, -0.1) is 6.58 Å². The first-order chi connectivity index (χ1) is 9.22. The zero-order valence-corrected chi connectivity index (χ0v) is 11.6. The maximum atomic E-state index is 12.0. The molecule has 0 aliphatic carbocycles. The lowest BCUT2D eigenvalue weighted by Gasteiger charge is -2.26. The fourth-order valence-electron chi connectivity index (χ4n) is 1.84. The molecule has 0 radical (unpaired) electrons. The SMILES string of the molecule is C=CCCNC(=O)c1sc(N2CCNCC2)nc1N. The zero-order valence-electron chi connectivity index (χ0n) is 10.8. The molecule has 0 saturated carbocycles. The molecule has 2 rings (SSSR count). The molecule has 1 fully saturated rings. The van der Waals surface area contributed by atoms with Gasteiger partial charge in [0.25, 0.3) is 5.91 Å². The average Bonchev–Trinajstić information content (AvgIpc) is 2.82. The second-order valence-corrected chi connectivity index (χ2v) is 5.26. The first-order valence-electron chi connectivity index (χ1n) is 6.33. The van der Waals surface area contributed by atoms with Gasteiger partial charge in [0.1, 0.15) is 10.7 Å².